The maximum atomic E-state index is 12.5. The molecule has 6 heteroatoms. The molecule has 0 saturated carbocycles. The number of nitrogens with one attached hydrogen (secondary N) is 2. The summed E-state index contributed by atoms with van der Waals surface area (Å²) in [5.41, 5.74) is 4.03. The fourth-order valence-corrected chi connectivity index (χ4v) is 4.40. The predicted octanol–water partition coefficient (Wildman–Crippen LogP) is 4.37. The van der Waals surface area contributed by atoms with Gasteiger partial charge in [0.25, 0.3) is 10.0 Å². The van der Waals surface area contributed by atoms with E-state index in [2.05, 4.69) is 21.2 Å². The van der Waals surface area contributed by atoms with Gasteiger partial charge in [-0.2, -0.15) is 11.3 Å². The average Bonchev–Trinajstić information content (AvgIpc) is 3.30. The Morgan fingerprint density at radius 3 is 2.48 bits per heavy atom. The molecule has 2 aromatic heterocycles. The van der Waals surface area contributed by atoms with Crippen LogP contribution in [0.4, 0.5) is 0 Å². The van der Waals surface area contributed by atoms with E-state index in [9.17, 15) is 8.42 Å². The number of hydrogen-bond donors (Lipinski definition) is 2. The number of aromatic nitrogens is 1. The van der Waals surface area contributed by atoms with Crippen molar-refractivity contribution in [2.24, 2.45) is 0 Å². The summed E-state index contributed by atoms with van der Waals surface area (Å²) in [6, 6.07) is 19.1. The first-order valence-corrected chi connectivity index (χ1v) is 10.2. The van der Waals surface area contributed by atoms with Gasteiger partial charge in [-0.1, -0.05) is 42.5 Å². The van der Waals surface area contributed by atoms with Crippen molar-refractivity contribution in [3.05, 3.63) is 77.0 Å². The van der Waals surface area contributed by atoms with Gasteiger partial charge < -0.3 is 4.98 Å². The van der Waals surface area contributed by atoms with Crippen molar-refractivity contribution in [3.8, 4) is 11.1 Å². The van der Waals surface area contributed by atoms with E-state index >= 15 is 0 Å². The molecule has 0 amide bonds. The van der Waals surface area contributed by atoms with E-state index in [4.69, 9.17) is 0 Å². The fraction of sp³-hybridized carbons (Fsp3) is 0.0526. The van der Waals surface area contributed by atoms with Gasteiger partial charge in [-0.05, 0) is 45.6 Å². The minimum absolute atomic E-state index is 0.184. The van der Waals surface area contributed by atoms with Crippen LogP contribution >= 0.6 is 11.3 Å². The normalized spacial score (nSPS) is 11.8. The Morgan fingerprint density at radius 2 is 1.76 bits per heavy atom. The predicted molar refractivity (Wildman–Crippen MR) is 102 cm³/mol. The molecule has 0 aliphatic rings. The van der Waals surface area contributed by atoms with Crippen molar-refractivity contribution in [1.82, 2.24) is 9.71 Å². The molecule has 2 N–H and O–H groups in total. The first-order chi connectivity index (χ1) is 12.1. The Balaban J connectivity index is 1.50. The molecular weight excluding hydrogens is 352 g/mol. The number of sulfonamides is 1. The highest BCUT2D eigenvalue weighted by atomic mass is 32.2. The smallest absolute Gasteiger partial charge is 0.256 e. The number of para-hydroxylation sites is 1. The third kappa shape index (κ3) is 3.37. The topological polar surface area (TPSA) is 62.0 Å². The summed E-state index contributed by atoms with van der Waals surface area (Å²) in [5, 5.41) is 5.19. The molecule has 0 aliphatic heterocycles. The van der Waals surface area contributed by atoms with Crippen LogP contribution < -0.4 is 4.72 Å². The zero-order chi connectivity index (χ0) is 17.3. The quantitative estimate of drug-likeness (QED) is 0.549. The molecule has 126 valence electrons. The van der Waals surface area contributed by atoms with E-state index < -0.39 is 10.0 Å². The molecule has 4 nitrogen and oxygen atoms in total. The van der Waals surface area contributed by atoms with Crippen LogP contribution in [0.1, 0.15) is 5.56 Å². The minimum Gasteiger partial charge on any atom is -0.345 e. The van der Waals surface area contributed by atoms with Gasteiger partial charge in [0.1, 0.15) is 5.03 Å². The number of hydrogen-bond acceptors (Lipinski definition) is 3. The van der Waals surface area contributed by atoms with Crippen molar-refractivity contribution in [1.29, 1.82) is 0 Å². The molecule has 25 heavy (non-hydrogen) atoms. The molecule has 0 aliphatic carbocycles. The summed E-state index contributed by atoms with van der Waals surface area (Å²) >= 11 is 1.66. The Hall–Kier alpha value is -2.41. The molecule has 4 aromatic rings. The number of benzene rings is 2. The minimum atomic E-state index is -3.58. The lowest BCUT2D eigenvalue weighted by molar-refractivity contribution is 0.578. The number of thiophene rings is 1. The van der Waals surface area contributed by atoms with Crippen LogP contribution in [0, 0.1) is 0 Å². The maximum absolute atomic E-state index is 12.5. The van der Waals surface area contributed by atoms with Gasteiger partial charge in [0, 0.05) is 17.4 Å². The Labute approximate surface area is 150 Å². The summed E-state index contributed by atoms with van der Waals surface area (Å²) in [6.07, 6.45) is 0. The van der Waals surface area contributed by atoms with E-state index in [-0.39, 0.29) is 11.6 Å². The summed E-state index contributed by atoms with van der Waals surface area (Å²) in [6.45, 7) is 0.252. The van der Waals surface area contributed by atoms with Crippen LogP contribution in [0.25, 0.3) is 22.0 Å². The van der Waals surface area contributed by atoms with Gasteiger partial charge in [0.05, 0.1) is 0 Å². The maximum Gasteiger partial charge on any atom is 0.256 e. The molecule has 0 bridgehead atoms. The molecule has 0 spiro atoms. The first-order valence-electron chi connectivity index (χ1n) is 7.81. The van der Waals surface area contributed by atoms with Gasteiger partial charge >= 0.3 is 0 Å². The third-order valence-corrected chi connectivity index (χ3v) is 6.08. The van der Waals surface area contributed by atoms with E-state index in [0.717, 1.165) is 22.0 Å². The van der Waals surface area contributed by atoms with Gasteiger partial charge in [-0.15, -0.1) is 0 Å². The Bertz CT molecular complexity index is 1060. The highest BCUT2D eigenvalue weighted by Crippen LogP contribution is 2.22. The van der Waals surface area contributed by atoms with E-state index in [1.165, 1.54) is 5.56 Å². The Morgan fingerprint density at radius 1 is 0.960 bits per heavy atom. The van der Waals surface area contributed by atoms with Crippen molar-refractivity contribution >= 4 is 32.3 Å². The summed E-state index contributed by atoms with van der Waals surface area (Å²) < 4.78 is 27.6. The SMILES string of the molecule is O=S(=O)(NCc1ccc(-c2ccsc2)cc1)c1cc2ccccc2[nH]1. The number of H-pyrrole nitrogens is 1. The molecule has 0 unspecified atom stereocenters. The van der Waals surface area contributed by atoms with E-state index in [1.807, 2.05) is 53.9 Å². The summed E-state index contributed by atoms with van der Waals surface area (Å²) in [5.74, 6) is 0. The lowest BCUT2D eigenvalue weighted by Gasteiger charge is -2.06. The molecule has 0 fully saturated rings. The standard InChI is InChI=1S/C19H16N2O2S2/c22-25(23,19-11-16-3-1-2-4-18(16)21-19)20-12-14-5-7-15(8-6-14)17-9-10-24-13-17/h1-11,13,20-21H,12H2. The van der Waals surface area contributed by atoms with E-state index in [0.29, 0.717) is 0 Å². The molecule has 0 atom stereocenters. The molecule has 4 rings (SSSR count). The summed E-state index contributed by atoms with van der Waals surface area (Å²) in [7, 11) is -3.58. The number of aromatic amines is 1. The van der Waals surface area contributed by atoms with Crippen LogP contribution in [0.3, 0.4) is 0 Å². The third-order valence-electron chi connectivity index (χ3n) is 4.07. The van der Waals surface area contributed by atoms with Crippen LogP contribution in [-0.4, -0.2) is 13.4 Å². The second kappa shape index (κ2) is 6.48. The summed E-state index contributed by atoms with van der Waals surface area (Å²) in [4.78, 5) is 2.95. The average molecular weight is 368 g/mol. The Kier molecular flexibility index (Phi) is 4.17. The zero-order valence-corrected chi connectivity index (χ0v) is 14.9. The zero-order valence-electron chi connectivity index (χ0n) is 13.3. The van der Waals surface area contributed by atoms with Crippen molar-refractivity contribution in [2.45, 2.75) is 11.6 Å². The number of fused-ring (bicyclic) bond motifs is 1. The number of rotatable bonds is 5. The van der Waals surface area contributed by atoms with Crippen molar-refractivity contribution in [3.63, 3.8) is 0 Å². The second-order valence-electron chi connectivity index (χ2n) is 5.75. The van der Waals surface area contributed by atoms with Gasteiger partial charge in [0.2, 0.25) is 0 Å². The van der Waals surface area contributed by atoms with Gasteiger partial charge in [-0.3, -0.25) is 0 Å². The lowest BCUT2D eigenvalue weighted by Crippen LogP contribution is -2.23. The van der Waals surface area contributed by atoms with Crippen molar-refractivity contribution < 1.29 is 8.42 Å². The van der Waals surface area contributed by atoms with Crippen LogP contribution in [0.15, 0.2) is 76.4 Å². The molecule has 0 radical (unpaired) electrons. The van der Waals surface area contributed by atoms with Crippen molar-refractivity contribution in [2.75, 3.05) is 0 Å². The monoisotopic (exact) mass is 368 g/mol. The van der Waals surface area contributed by atoms with E-state index in [1.54, 1.807) is 17.4 Å². The van der Waals surface area contributed by atoms with Gasteiger partial charge in [0.15, 0.2) is 0 Å². The highest BCUT2D eigenvalue weighted by molar-refractivity contribution is 7.89. The van der Waals surface area contributed by atoms with Gasteiger partial charge in [-0.25, -0.2) is 13.1 Å². The van der Waals surface area contributed by atoms with Crippen LogP contribution in [0.5, 0.6) is 0 Å². The molecule has 0 saturated heterocycles. The van der Waals surface area contributed by atoms with Crippen LogP contribution in [0.2, 0.25) is 0 Å². The molecular formula is C19H16N2O2S2. The lowest BCUT2D eigenvalue weighted by atomic mass is 10.1. The largest absolute Gasteiger partial charge is 0.345 e. The molecule has 2 aromatic carbocycles. The highest BCUT2D eigenvalue weighted by Gasteiger charge is 2.16. The fourth-order valence-electron chi connectivity index (χ4n) is 2.69. The molecule has 2 heterocycles. The first kappa shape index (κ1) is 16.1. The van der Waals surface area contributed by atoms with Crippen LogP contribution in [-0.2, 0) is 16.6 Å². The second-order valence-corrected chi connectivity index (χ2v) is 8.27.